The van der Waals surface area contributed by atoms with Gasteiger partial charge in [0.25, 0.3) is 5.91 Å². The summed E-state index contributed by atoms with van der Waals surface area (Å²) in [4.78, 5) is 29.2. The molecule has 0 spiro atoms. The molecule has 0 aliphatic carbocycles. The molecule has 1 aromatic heterocycles. The third-order valence-corrected chi connectivity index (χ3v) is 5.33. The second-order valence-corrected chi connectivity index (χ2v) is 7.39. The number of hydrogen-bond donors (Lipinski definition) is 0. The monoisotopic (exact) mass is 342 g/mol. The molecule has 0 saturated carbocycles. The smallest absolute Gasteiger partial charge is 0.251 e. The summed E-state index contributed by atoms with van der Waals surface area (Å²) in [7, 11) is 0. The van der Waals surface area contributed by atoms with Crippen LogP contribution in [0.3, 0.4) is 0 Å². The Morgan fingerprint density at radius 2 is 1.95 bits per heavy atom. The lowest BCUT2D eigenvalue weighted by atomic mass is 10.2. The topological polar surface area (TPSA) is 49.9 Å². The van der Waals surface area contributed by atoms with E-state index in [2.05, 4.69) is 0 Å². The van der Waals surface area contributed by atoms with E-state index in [1.165, 1.54) is 11.3 Å². The summed E-state index contributed by atoms with van der Waals surface area (Å²) in [6.45, 7) is 3.05. The SMILES string of the molecule is O=C(Cc1ccc(Cl)s1)N1CCN(C(=O)C2CCCO2)CC1. The molecule has 3 heterocycles. The lowest BCUT2D eigenvalue weighted by Gasteiger charge is -2.35. The zero-order chi connectivity index (χ0) is 15.5. The van der Waals surface area contributed by atoms with Gasteiger partial charge in [-0.2, -0.15) is 0 Å². The van der Waals surface area contributed by atoms with Crippen LogP contribution in [0.15, 0.2) is 12.1 Å². The molecule has 2 fully saturated rings. The van der Waals surface area contributed by atoms with Gasteiger partial charge in [-0.05, 0) is 25.0 Å². The largest absolute Gasteiger partial charge is 0.368 e. The van der Waals surface area contributed by atoms with Gasteiger partial charge in [-0.15, -0.1) is 11.3 Å². The zero-order valence-corrected chi connectivity index (χ0v) is 13.9. The predicted octanol–water partition coefficient (Wildman–Crippen LogP) is 1.79. The van der Waals surface area contributed by atoms with E-state index in [1.54, 1.807) is 0 Å². The molecule has 0 radical (unpaired) electrons. The van der Waals surface area contributed by atoms with E-state index in [4.69, 9.17) is 16.3 Å². The minimum Gasteiger partial charge on any atom is -0.368 e. The normalized spacial score (nSPS) is 22.1. The minimum atomic E-state index is -0.268. The van der Waals surface area contributed by atoms with Crippen molar-refractivity contribution in [2.45, 2.75) is 25.4 Å². The van der Waals surface area contributed by atoms with E-state index in [0.29, 0.717) is 43.5 Å². The number of piperazine rings is 1. The van der Waals surface area contributed by atoms with Crippen molar-refractivity contribution in [3.8, 4) is 0 Å². The summed E-state index contributed by atoms with van der Waals surface area (Å²) in [5.41, 5.74) is 0. The Labute approximate surface area is 138 Å². The predicted molar refractivity (Wildman–Crippen MR) is 85.2 cm³/mol. The molecule has 7 heteroatoms. The van der Waals surface area contributed by atoms with Crippen molar-refractivity contribution >= 4 is 34.8 Å². The number of nitrogens with zero attached hydrogens (tertiary/aromatic N) is 2. The van der Waals surface area contributed by atoms with Gasteiger partial charge in [0.15, 0.2) is 0 Å². The Hall–Kier alpha value is -1.11. The first kappa shape index (κ1) is 15.8. The number of rotatable bonds is 3. The van der Waals surface area contributed by atoms with Crippen molar-refractivity contribution in [3.63, 3.8) is 0 Å². The summed E-state index contributed by atoms with van der Waals surface area (Å²) in [6.07, 6.45) is 1.89. The van der Waals surface area contributed by atoms with Crippen LogP contribution in [0.1, 0.15) is 17.7 Å². The Morgan fingerprint density at radius 3 is 2.55 bits per heavy atom. The molecule has 120 valence electrons. The summed E-state index contributed by atoms with van der Waals surface area (Å²) in [5, 5.41) is 0. The third-order valence-electron chi connectivity index (χ3n) is 4.10. The highest BCUT2D eigenvalue weighted by atomic mass is 35.5. The average molecular weight is 343 g/mol. The van der Waals surface area contributed by atoms with Crippen LogP contribution < -0.4 is 0 Å². The summed E-state index contributed by atoms with van der Waals surface area (Å²) in [5.74, 6) is 0.178. The van der Waals surface area contributed by atoms with Crippen molar-refractivity contribution < 1.29 is 14.3 Å². The fourth-order valence-electron chi connectivity index (χ4n) is 2.86. The van der Waals surface area contributed by atoms with Gasteiger partial charge < -0.3 is 14.5 Å². The number of thiophene rings is 1. The molecular weight excluding hydrogens is 324 g/mol. The molecule has 1 aromatic rings. The lowest BCUT2D eigenvalue weighted by Crippen LogP contribution is -2.53. The van der Waals surface area contributed by atoms with E-state index in [1.807, 2.05) is 21.9 Å². The van der Waals surface area contributed by atoms with Crippen molar-refractivity contribution in [1.82, 2.24) is 9.80 Å². The molecule has 2 aliphatic heterocycles. The third kappa shape index (κ3) is 3.62. The summed E-state index contributed by atoms with van der Waals surface area (Å²) in [6, 6.07) is 3.70. The quantitative estimate of drug-likeness (QED) is 0.841. The minimum absolute atomic E-state index is 0.0784. The number of hydrogen-bond acceptors (Lipinski definition) is 4. The second kappa shape index (κ2) is 6.98. The summed E-state index contributed by atoms with van der Waals surface area (Å²) >= 11 is 7.32. The van der Waals surface area contributed by atoms with Crippen molar-refractivity contribution in [3.05, 3.63) is 21.3 Å². The van der Waals surface area contributed by atoms with Crippen molar-refractivity contribution in [2.24, 2.45) is 0 Å². The van der Waals surface area contributed by atoms with E-state index < -0.39 is 0 Å². The van der Waals surface area contributed by atoms with Gasteiger partial charge >= 0.3 is 0 Å². The standard InChI is InChI=1S/C15H19ClN2O3S/c16-13-4-3-11(22-13)10-14(19)17-5-7-18(8-6-17)15(20)12-2-1-9-21-12/h3-4,12H,1-2,5-10H2. The maximum absolute atomic E-state index is 12.3. The van der Waals surface area contributed by atoms with Crippen molar-refractivity contribution in [2.75, 3.05) is 32.8 Å². The molecule has 2 amide bonds. The van der Waals surface area contributed by atoms with Gasteiger partial charge in [-0.25, -0.2) is 0 Å². The van der Waals surface area contributed by atoms with E-state index in [0.717, 1.165) is 17.7 Å². The fourth-order valence-corrected chi connectivity index (χ4v) is 3.94. The van der Waals surface area contributed by atoms with Crippen LogP contribution in [-0.4, -0.2) is 60.5 Å². The van der Waals surface area contributed by atoms with Gasteiger partial charge in [0, 0.05) is 37.7 Å². The Balaban J connectivity index is 1.48. The van der Waals surface area contributed by atoms with Crippen LogP contribution >= 0.6 is 22.9 Å². The highest BCUT2D eigenvalue weighted by Crippen LogP contribution is 2.22. The molecule has 3 rings (SSSR count). The zero-order valence-electron chi connectivity index (χ0n) is 12.3. The summed E-state index contributed by atoms with van der Waals surface area (Å²) < 4.78 is 6.14. The fraction of sp³-hybridized carbons (Fsp3) is 0.600. The molecule has 5 nitrogen and oxygen atoms in total. The van der Waals surface area contributed by atoms with Crippen LogP contribution in [0.5, 0.6) is 0 Å². The van der Waals surface area contributed by atoms with Gasteiger partial charge in [0.05, 0.1) is 10.8 Å². The lowest BCUT2D eigenvalue weighted by molar-refractivity contribution is -0.145. The van der Waals surface area contributed by atoms with Gasteiger partial charge in [0.2, 0.25) is 5.91 Å². The van der Waals surface area contributed by atoms with E-state index in [9.17, 15) is 9.59 Å². The highest BCUT2D eigenvalue weighted by Gasteiger charge is 2.31. The molecule has 2 aliphatic rings. The first-order chi connectivity index (χ1) is 10.6. The average Bonchev–Trinajstić information content (AvgIpc) is 3.18. The van der Waals surface area contributed by atoms with Gasteiger partial charge in [0.1, 0.15) is 6.10 Å². The Morgan fingerprint density at radius 1 is 1.23 bits per heavy atom. The molecule has 0 N–H and O–H groups in total. The Bertz CT molecular complexity index is 549. The number of carbonyl (C=O) groups excluding carboxylic acids is 2. The highest BCUT2D eigenvalue weighted by molar-refractivity contribution is 7.16. The van der Waals surface area contributed by atoms with Crippen LogP contribution in [0, 0.1) is 0 Å². The van der Waals surface area contributed by atoms with Gasteiger partial charge in [-0.3, -0.25) is 9.59 Å². The molecule has 1 unspecified atom stereocenters. The maximum Gasteiger partial charge on any atom is 0.251 e. The first-order valence-electron chi connectivity index (χ1n) is 7.56. The molecule has 2 saturated heterocycles. The number of ether oxygens (including phenoxy) is 1. The van der Waals surface area contributed by atoms with E-state index in [-0.39, 0.29) is 17.9 Å². The number of amides is 2. The molecule has 0 aromatic carbocycles. The molecule has 22 heavy (non-hydrogen) atoms. The first-order valence-corrected chi connectivity index (χ1v) is 8.75. The molecule has 1 atom stereocenters. The van der Waals surface area contributed by atoms with Crippen LogP contribution in [-0.2, 0) is 20.7 Å². The van der Waals surface area contributed by atoms with Crippen molar-refractivity contribution in [1.29, 1.82) is 0 Å². The van der Waals surface area contributed by atoms with Gasteiger partial charge in [-0.1, -0.05) is 11.6 Å². The second-order valence-electron chi connectivity index (χ2n) is 5.59. The Kier molecular flexibility index (Phi) is 5.00. The van der Waals surface area contributed by atoms with Crippen LogP contribution in [0.2, 0.25) is 4.34 Å². The van der Waals surface area contributed by atoms with E-state index >= 15 is 0 Å². The number of carbonyl (C=O) groups is 2. The molecule has 0 bridgehead atoms. The molecular formula is C15H19ClN2O3S. The van der Waals surface area contributed by atoms with Crippen LogP contribution in [0.4, 0.5) is 0 Å². The maximum atomic E-state index is 12.3. The van der Waals surface area contributed by atoms with Crippen LogP contribution in [0.25, 0.3) is 0 Å². The number of halogens is 1.